The average molecular weight is 369 g/mol. The first kappa shape index (κ1) is 14.0. The monoisotopic (exact) mass is 367 g/mol. The number of nitrogens with zero attached hydrogens (tertiary/aromatic N) is 1. The summed E-state index contributed by atoms with van der Waals surface area (Å²) in [6.45, 7) is 0. The minimum absolute atomic E-state index is 0.468. The Bertz CT molecular complexity index is 725. The Labute approximate surface area is 134 Å². The van der Waals surface area contributed by atoms with Gasteiger partial charge >= 0.3 is 0 Å². The molecule has 2 aromatic carbocycles. The lowest BCUT2D eigenvalue weighted by Gasteiger charge is -2.12. The molecule has 0 spiro atoms. The van der Waals surface area contributed by atoms with Crippen molar-refractivity contribution < 1.29 is 5.11 Å². The van der Waals surface area contributed by atoms with Gasteiger partial charge in [0.1, 0.15) is 0 Å². The Hall–Kier alpha value is -0.940. The van der Waals surface area contributed by atoms with Crippen molar-refractivity contribution in [2.24, 2.45) is 0 Å². The fourth-order valence-electron chi connectivity index (χ4n) is 2.06. The number of aliphatic hydroxyl groups excluding tert-OH is 1. The second-order valence-electron chi connectivity index (χ2n) is 4.44. The van der Waals surface area contributed by atoms with E-state index in [0.29, 0.717) is 11.4 Å². The first-order chi connectivity index (χ1) is 9.65. The van der Waals surface area contributed by atoms with Crippen LogP contribution >= 0.6 is 38.9 Å². The van der Waals surface area contributed by atoms with E-state index in [1.165, 1.54) is 0 Å². The van der Waals surface area contributed by atoms with Crippen LogP contribution in [0, 0.1) is 0 Å². The molecular weight excluding hydrogens is 358 g/mol. The Balaban J connectivity index is 1.88. The normalized spacial score (nSPS) is 12.8. The number of hydrogen-bond donors (Lipinski definition) is 1. The SMILES string of the molecule is OC(Cc1nc2ccccc2s1)c1cccc(Br)c1Cl. The predicted octanol–water partition coefficient (Wildman–Crippen LogP) is 4.99. The zero-order valence-corrected chi connectivity index (χ0v) is 13.5. The third-order valence-electron chi connectivity index (χ3n) is 3.05. The summed E-state index contributed by atoms with van der Waals surface area (Å²) < 4.78 is 1.93. The molecule has 0 saturated carbocycles. The average Bonchev–Trinajstić information content (AvgIpc) is 2.83. The third kappa shape index (κ3) is 2.74. The molecular formula is C15H11BrClNOS. The standard InChI is InChI=1S/C15H11BrClNOS/c16-10-5-3-4-9(15(10)17)12(19)8-14-18-11-6-1-2-7-13(11)20-14/h1-7,12,19H,8H2. The maximum Gasteiger partial charge on any atom is 0.0967 e. The fraction of sp³-hybridized carbons (Fsp3) is 0.133. The number of fused-ring (bicyclic) bond motifs is 1. The van der Waals surface area contributed by atoms with Crippen molar-refractivity contribution in [2.45, 2.75) is 12.5 Å². The van der Waals surface area contributed by atoms with E-state index >= 15 is 0 Å². The molecule has 102 valence electrons. The van der Waals surface area contributed by atoms with Crippen molar-refractivity contribution in [1.82, 2.24) is 4.98 Å². The molecule has 0 aliphatic heterocycles. The zero-order valence-electron chi connectivity index (χ0n) is 10.4. The van der Waals surface area contributed by atoms with E-state index in [-0.39, 0.29) is 0 Å². The largest absolute Gasteiger partial charge is 0.388 e. The second kappa shape index (κ2) is 5.82. The smallest absolute Gasteiger partial charge is 0.0967 e. The van der Waals surface area contributed by atoms with Crippen LogP contribution < -0.4 is 0 Å². The van der Waals surface area contributed by atoms with Crippen LogP contribution in [0.2, 0.25) is 5.02 Å². The molecule has 0 radical (unpaired) electrons. The van der Waals surface area contributed by atoms with Crippen LogP contribution in [0.5, 0.6) is 0 Å². The van der Waals surface area contributed by atoms with Gasteiger partial charge in [0.05, 0.1) is 26.4 Å². The second-order valence-corrected chi connectivity index (χ2v) is 6.79. The highest BCUT2D eigenvalue weighted by atomic mass is 79.9. The molecule has 3 rings (SSSR count). The van der Waals surface area contributed by atoms with E-state index in [0.717, 1.165) is 25.3 Å². The van der Waals surface area contributed by atoms with Crippen molar-refractivity contribution >= 4 is 49.1 Å². The molecule has 1 heterocycles. The van der Waals surface area contributed by atoms with E-state index in [1.807, 2.05) is 42.5 Å². The molecule has 5 heteroatoms. The van der Waals surface area contributed by atoms with Gasteiger partial charge in [-0.05, 0) is 34.1 Å². The molecule has 2 nitrogen and oxygen atoms in total. The zero-order chi connectivity index (χ0) is 14.1. The molecule has 0 fully saturated rings. The highest BCUT2D eigenvalue weighted by Gasteiger charge is 2.16. The van der Waals surface area contributed by atoms with Gasteiger partial charge in [0.15, 0.2) is 0 Å². The molecule has 1 N–H and O–H groups in total. The van der Waals surface area contributed by atoms with Crippen LogP contribution in [0.3, 0.4) is 0 Å². The van der Waals surface area contributed by atoms with Crippen molar-refractivity contribution in [1.29, 1.82) is 0 Å². The minimum Gasteiger partial charge on any atom is -0.388 e. The summed E-state index contributed by atoms with van der Waals surface area (Å²) >= 11 is 11.2. The molecule has 3 aromatic rings. The van der Waals surface area contributed by atoms with Crippen LogP contribution in [0.15, 0.2) is 46.9 Å². The summed E-state index contributed by atoms with van der Waals surface area (Å²) in [5.74, 6) is 0. The number of halogens is 2. The van der Waals surface area contributed by atoms with Crippen LogP contribution in [0.25, 0.3) is 10.2 Å². The van der Waals surface area contributed by atoms with Gasteiger partial charge in [-0.15, -0.1) is 11.3 Å². The van der Waals surface area contributed by atoms with E-state index in [1.54, 1.807) is 11.3 Å². The van der Waals surface area contributed by atoms with Crippen LogP contribution in [-0.4, -0.2) is 10.1 Å². The van der Waals surface area contributed by atoms with Gasteiger partial charge in [0.2, 0.25) is 0 Å². The Morgan fingerprint density at radius 2 is 2.00 bits per heavy atom. The van der Waals surface area contributed by atoms with E-state index in [2.05, 4.69) is 20.9 Å². The van der Waals surface area contributed by atoms with Crippen molar-refractivity contribution in [3.05, 3.63) is 62.5 Å². The molecule has 0 amide bonds. The molecule has 1 unspecified atom stereocenters. The number of thiazole rings is 1. The predicted molar refractivity (Wildman–Crippen MR) is 87.4 cm³/mol. The van der Waals surface area contributed by atoms with E-state index in [4.69, 9.17) is 11.6 Å². The molecule has 0 aliphatic carbocycles. The van der Waals surface area contributed by atoms with E-state index < -0.39 is 6.10 Å². The number of rotatable bonds is 3. The molecule has 0 aliphatic rings. The molecule has 0 bridgehead atoms. The van der Waals surface area contributed by atoms with Gasteiger partial charge in [-0.2, -0.15) is 0 Å². The summed E-state index contributed by atoms with van der Waals surface area (Å²) in [5.41, 5.74) is 1.69. The topological polar surface area (TPSA) is 33.1 Å². The van der Waals surface area contributed by atoms with Crippen molar-refractivity contribution in [3.8, 4) is 0 Å². The van der Waals surface area contributed by atoms with Crippen LogP contribution in [0.1, 0.15) is 16.7 Å². The summed E-state index contributed by atoms with van der Waals surface area (Å²) in [5, 5.41) is 11.8. The number of benzene rings is 2. The highest BCUT2D eigenvalue weighted by Crippen LogP contribution is 2.33. The molecule has 0 saturated heterocycles. The lowest BCUT2D eigenvalue weighted by Crippen LogP contribution is -2.02. The highest BCUT2D eigenvalue weighted by molar-refractivity contribution is 9.10. The Morgan fingerprint density at radius 1 is 1.20 bits per heavy atom. The van der Waals surface area contributed by atoms with Gasteiger partial charge in [0.25, 0.3) is 0 Å². The summed E-state index contributed by atoms with van der Waals surface area (Å²) in [6.07, 6.45) is -0.184. The molecule has 20 heavy (non-hydrogen) atoms. The molecule has 1 atom stereocenters. The first-order valence-electron chi connectivity index (χ1n) is 6.11. The summed E-state index contributed by atoms with van der Waals surface area (Å²) in [7, 11) is 0. The molecule has 1 aromatic heterocycles. The number of hydrogen-bond acceptors (Lipinski definition) is 3. The lowest BCUT2D eigenvalue weighted by molar-refractivity contribution is 0.178. The van der Waals surface area contributed by atoms with Crippen LogP contribution in [0.4, 0.5) is 0 Å². The Kier molecular flexibility index (Phi) is 4.08. The fourth-order valence-corrected chi connectivity index (χ4v) is 3.70. The lowest BCUT2D eigenvalue weighted by atomic mass is 10.1. The summed E-state index contributed by atoms with van der Waals surface area (Å²) in [6, 6.07) is 13.5. The first-order valence-corrected chi connectivity index (χ1v) is 8.10. The van der Waals surface area contributed by atoms with Gasteiger partial charge in [-0.1, -0.05) is 35.9 Å². The van der Waals surface area contributed by atoms with Gasteiger partial charge in [0, 0.05) is 16.5 Å². The number of aromatic nitrogens is 1. The number of para-hydroxylation sites is 1. The van der Waals surface area contributed by atoms with Gasteiger partial charge in [-0.3, -0.25) is 0 Å². The Morgan fingerprint density at radius 3 is 2.80 bits per heavy atom. The quantitative estimate of drug-likeness (QED) is 0.706. The van der Waals surface area contributed by atoms with Gasteiger partial charge in [-0.25, -0.2) is 4.98 Å². The summed E-state index contributed by atoms with van der Waals surface area (Å²) in [4.78, 5) is 4.53. The van der Waals surface area contributed by atoms with Crippen molar-refractivity contribution in [2.75, 3.05) is 0 Å². The van der Waals surface area contributed by atoms with Crippen LogP contribution in [-0.2, 0) is 6.42 Å². The van der Waals surface area contributed by atoms with E-state index in [9.17, 15) is 5.11 Å². The van der Waals surface area contributed by atoms with Gasteiger partial charge < -0.3 is 5.11 Å². The number of aliphatic hydroxyl groups is 1. The maximum atomic E-state index is 10.4. The maximum absolute atomic E-state index is 10.4. The van der Waals surface area contributed by atoms with Crippen molar-refractivity contribution in [3.63, 3.8) is 0 Å². The third-order valence-corrected chi connectivity index (χ3v) is 5.42. The minimum atomic E-state index is -0.652.